The summed E-state index contributed by atoms with van der Waals surface area (Å²) in [5, 5.41) is 15.7. The minimum Gasteiger partial charge on any atom is -0.480 e. The first-order valence-electron chi connectivity index (χ1n) is 8.50. The highest BCUT2D eigenvalue weighted by molar-refractivity contribution is 5.38. The molecule has 0 saturated carbocycles. The van der Waals surface area contributed by atoms with Gasteiger partial charge in [-0.25, -0.2) is 0 Å². The lowest BCUT2D eigenvalue weighted by Gasteiger charge is -2.04. The van der Waals surface area contributed by atoms with Crippen molar-refractivity contribution in [1.29, 1.82) is 0 Å². The average molecular weight is 339 g/mol. The molecular formula is C18H21N5O2. The van der Waals surface area contributed by atoms with Crippen LogP contribution in [0.3, 0.4) is 0 Å². The number of nitrogens with one attached hydrogen (secondary N) is 1. The molecule has 1 aromatic carbocycles. The standard InChI is InChI=1S/C18H21N5O2/c1-12(2)10-23-11-13(9-20-23)8-19-18-22-21-17(25-18)16-7-14-5-3-4-6-15(14)24-16/h3-6,9,11-12,16H,7-8,10H2,1-2H3,(H,19,22)/t16-/m1/s1. The van der Waals surface area contributed by atoms with E-state index in [9.17, 15) is 0 Å². The second kappa shape index (κ2) is 6.58. The number of rotatable bonds is 6. The quantitative estimate of drug-likeness (QED) is 0.743. The molecule has 1 atom stereocenters. The Morgan fingerprint density at radius 2 is 2.16 bits per heavy atom. The predicted molar refractivity (Wildman–Crippen MR) is 92.2 cm³/mol. The third kappa shape index (κ3) is 3.50. The highest BCUT2D eigenvalue weighted by Gasteiger charge is 2.28. The van der Waals surface area contributed by atoms with Crippen molar-refractivity contribution in [1.82, 2.24) is 20.0 Å². The van der Waals surface area contributed by atoms with Crippen molar-refractivity contribution < 1.29 is 9.15 Å². The Bertz CT molecular complexity index is 830. The summed E-state index contributed by atoms with van der Waals surface area (Å²) >= 11 is 0. The van der Waals surface area contributed by atoms with Crippen molar-refractivity contribution in [3.63, 3.8) is 0 Å². The van der Waals surface area contributed by atoms with Gasteiger partial charge in [-0.05, 0) is 17.5 Å². The van der Waals surface area contributed by atoms with Gasteiger partial charge < -0.3 is 14.5 Å². The van der Waals surface area contributed by atoms with E-state index in [4.69, 9.17) is 9.15 Å². The number of hydrogen-bond donors (Lipinski definition) is 1. The van der Waals surface area contributed by atoms with Gasteiger partial charge in [-0.3, -0.25) is 4.68 Å². The largest absolute Gasteiger partial charge is 0.480 e. The molecule has 7 heteroatoms. The number of benzene rings is 1. The highest BCUT2D eigenvalue weighted by atomic mass is 16.5. The number of hydrogen-bond acceptors (Lipinski definition) is 6. The van der Waals surface area contributed by atoms with Gasteiger partial charge in [0, 0.05) is 31.3 Å². The van der Waals surface area contributed by atoms with E-state index in [2.05, 4.69) is 40.5 Å². The molecule has 4 rings (SSSR count). The van der Waals surface area contributed by atoms with Crippen molar-refractivity contribution in [3.8, 4) is 5.75 Å². The Balaban J connectivity index is 1.35. The fourth-order valence-corrected chi connectivity index (χ4v) is 2.91. The minimum absolute atomic E-state index is 0.214. The van der Waals surface area contributed by atoms with Crippen LogP contribution in [0.2, 0.25) is 0 Å². The summed E-state index contributed by atoms with van der Waals surface area (Å²) in [4.78, 5) is 0. The van der Waals surface area contributed by atoms with Gasteiger partial charge in [-0.2, -0.15) is 5.10 Å². The van der Waals surface area contributed by atoms with Gasteiger partial charge in [0.1, 0.15) is 5.75 Å². The molecule has 3 aromatic rings. The van der Waals surface area contributed by atoms with Crippen LogP contribution in [-0.2, 0) is 19.5 Å². The molecule has 0 unspecified atom stereocenters. The fraction of sp³-hybridized carbons (Fsp3) is 0.389. The zero-order chi connectivity index (χ0) is 17.2. The molecule has 0 fully saturated rings. The minimum atomic E-state index is -0.214. The molecule has 1 N–H and O–H groups in total. The summed E-state index contributed by atoms with van der Waals surface area (Å²) in [7, 11) is 0. The van der Waals surface area contributed by atoms with Crippen LogP contribution >= 0.6 is 0 Å². The topological polar surface area (TPSA) is 78.0 Å². The number of anilines is 1. The van der Waals surface area contributed by atoms with Gasteiger partial charge in [-0.15, -0.1) is 5.10 Å². The van der Waals surface area contributed by atoms with E-state index in [1.54, 1.807) is 0 Å². The van der Waals surface area contributed by atoms with E-state index in [1.165, 1.54) is 0 Å². The van der Waals surface area contributed by atoms with Gasteiger partial charge >= 0.3 is 6.01 Å². The lowest BCUT2D eigenvalue weighted by atomic mass is 10.1. The maximum Gasteiger partial charge on any atom is 0.315 e. The number of para-hydroxylation sites is 1. The second-order valence-corrected chi connectivity index (χ2v) is 6.68. The molecule has 0 aliphatic carbocycles. The zero-order valence-corrected chi connectivity index (χ0v) is 14.3. The van der Waals surface area contributed by atoms with Gasteiger partial charge in [0.2, 0.25) is 0 Å². The van der Waals surface area contributed by atoms with E-state index in [-0.39, 0.29) is 6.10 Å². The summed E-state index contributed by atoms with van der Waals surface area (Å²) < 4.78 is 13.5. The molecule has 1 aliphatic heterocycles. The number of aromatic nitrogens is 4. The lowest BCUT2D eigenvalue weighted by molar-refractivity contribution is 0.199. The maximum absolute atomic E-state index is 5.87. The molecule has 1 aliphatic rings. The lowest BCUT2D eigenvalue weighted by Crippen LogP contribution is -2.04. The highest BCUT2D eigenvalue weighted by Crippen LogP contribution is 2.36. The molecule has 7 nitrogen and oxygen atoms in total. The van der Waals surface area contributed by atoms with Gasteiger partial charge in [-0.1, -0.05) is 37.1 Å². The molecule has 0 amide bonds. The first kappa shape index (κ1) is 15.7. The van der Waals surface area contributed by atoms with Gasteiger partial charge in [0.05, 0.1) is 6.20 Å². The van der Waals surface area contributed by atoms with Crippen molar-refractivity contribution in [2.45, 2.75) is 39.5 Å². The Kier molecular flexibility index (Phi) is 4.13. The molecule has 2 aromatic heterocycles. The first-order chi connectivity index (χ1) is 12.2. The molecule has 0 saturated heterocycles. The summed E-state index contributed by atoms with van der Waals surface area (Å²) in [6.45, 7) is 5.83. The predicted octanol–water partition coefficient (Wildman–Crippen LogP) is 3.21. The molecule has 0 radical (unpaired) electrons. The second-order valence-electron chi connectivity index (χ2n) is 6.68. The van der Waals surface area contributed by atoms with E-state index >= 15 is 0 Å². The smallest absolute Gasteiger partial charge is 0.315 e. The Morgan fingerprint density at radius 3 is 3.00 bits per heavy atom. The molecular weight excluding hydrogens is 318 g/mol. The average Bonchev–Trinajstić information content (AvgIpc) is 3.31. The van der Waals surface area contributed by atoms with Crippen molar-refractivity contribution in [2.75, 3.05) is 5.32 Å². The van der Waals surface area contributed by atoms with E-state index in [0.717, 1.165) is 29.8 Å². The normalized spacial score (nSPS) is 16.0. The number of ether oxygens (including phenoxy) is 1. The third-order valence-corrected chi connectivity index (χ3v) is 4.05. The van der Waals surface area contributed by atoms with Crippen LogP contribution in [0.5, 0.6) is 5.75 Å². The number of fused-ring (bicyclic) bond motifs is 1. The van der Waals surface area contributed by atoms with E-state index in [1.807, 2.05) is 35.3 Å². The molecule has 130 valence electrons. The van der Waals surface area contributed by atoms with Crippen molar-refractivity contribution in [3.05, 3.63) is 53.7 Å². The Labute approximate surface area is 146 Å². The van der Waals surface area contributed by atoms with Crippen LogP contribution in [0.4, 0.5) is 6.01 Å². The maximum atomic E-state index is 5.87. The SMILES string of the molecule is CC(C)Cn1cc(CNc2nnc([C@H]3Cc4ccccc4O3)o2)cn1. The van der Waals surface area contributed by atoms with Gasteiger partial charge in [0.25, 0.3) is 5.89 Å². The van der Waals surface area contributed by atoms with Crippen LogP contribution < -0.4 is 10.1 Å². The summed E-state index contributed by atoms with van der Waals surface area (Å²) in [5.41, 5.74) is 2.24. The molecule has 3 heterocycles. The van der Waals surface area contributed by atoms with Crippen LogP contribution in [0.15, 0.2) is 41.1 Å². The van der Waals surface area contributed by atoms with Crippen LogP contribution in [0.25, 0.3) is 0 Å². The monoisotopic (exact) mass is 339 g/mol. The number of nitrogens with zero attached hydrogens (tertiary/aromatic N) is 4. The first-order valence-corrected chi connectivity index (χ1v) is 8.50. The molecule has 25 heavy (non-hydrogen) atoms. The van der Waals surface area contributed by atoms with Crippen molar-refractivity contribution in [2.24, 2.45) is 5.92 Å². The van der Waals surface area contributed by atoms with Crippen LogP contribution in [-0.4, -0.2) is 20.0 Å². The third-order valence-electron chi connectivity index (χ3n) is 4.05. The summed E-state index contributed by atoms with van der Waals surface area (Å²) in [6, 6.07) is 8.37. The zero-order valence-electron chi connectivity index (χ0n) is 14.3. The summed E-state index contributed by atoms with van der Waals surface area (Å²) in [5.74, 6) is 1.95. The van der Waals surface area contributed by atoms with E-state index < -0.39 is 0 Å². The fourth-order valence-electron chi connectivity index (χ4n) is 2.91. The molecule has 0 spiro atoms. The van der Waals surface area contributed by atoms with Gasteiger partial charge in [0.15, 0.2) is 6.10 Å². The van der Waals surface area contributed by atoms with Crippen LogP contribution in [0, 0.1) is 5.92 Å². The Hall–Kier alpha value is -2.83. The van der Waals surface area contributed by atoms with Crippen LogP contribution in [0.1, 0.15) is 37.0 Å². The van der Waals surface area contributed by atoms with E-state index in [0.29, 0.717) is 24.4 Å². The van der Waals surface area contributed by atoms with Crippen molar-refractivity contribution >= 4 is 6.01 Å². The Morgan fingerprint density at radius 1 is 1.28 bits per heavy atom. The summed E-state index contributed by atoms with van der Waals surface area (Å²) in [6.07, 6.45) is 4.42. The molecule has 0 bridgehead atoms.